The summed E-state index contributed by atoms with van der Waals surface area (Å²) in [4.78, 5) is 35.4. The number of carbonyl (C=O) groups excluding carboxylic acids is 2. The van der Waals surface area contributed by atoms with E-state index in [1.807, 2.05) is 32.0 Å². The largest absolute Gasteiger partial charge is 0.350 e. The molecule has 1 aromatic carbocycles. The van der Waals surface area contributed by atoms with Crippen LogP contribution >= 0.6 is 22.9 Å². The molecule has 3 amide bonds. The van der Waals surface area contributed by atoms with Gasteiger partial charge in [-0.2, -0.15) is 0 Å². The molecule has 0 aliphatic carbocycles. The van der Waals surface area contributed by atoms with Crippen molar-refractivity contribution in [2.75, 3.05) is 11.9 Å². The van der Waals surface area contributed by atoms with Crippen LogP contribution in [0.1, 0.15) is 35.0 Å². The minimum absolute atomic E-state index is 0.0567. The van der Waals surface area contributed by atoms with Gasteiger partial charge in [-0.1, -0.05) is 23.7 Å². The zero-order valence-electron chi connectivity index (χ0n) is 17.3. The smallest absolute Gasteiger partial charge is 0.322 e. The van der Waals surface area contributed by atoms with Gasteiger partial charge in [-0.3, -0.25) is 9.78 Å². The fourth-order valence-electron chi connectivity index (χ4n) is 2.82. The van der Waals surface area contributed by atoms with Crippen LogP contribution in [0.25, 0.3) is 0 Å². The number of urea groups is 1. The molecule has 9 heteroatoms. The third kappa shape index (κ3) is 6.77. The SMILES string of the molecule is CC(C)N(Cc1nc(C(=O)NCCc2ccccn2)cs1)C(=O)Nc1cccc(Cl)c1. The van der Waals surface area contributed by atoms with Crippen LogP contribution in [0.5, 0.6) is 0 Å². The van der Waals surface area contributed by atoms with E-state index in [0.29, 0.717) is 40.9 Å². The number of pyridine rings is 1. The van der Waals surface area contributed by atoms with Crippen molar-refractivity contribution < 1.29 is 9.59 Å². The fraction of sp³-hybridized carbons (Fsp3) is 0.273. The lowest BCUT2D eigenvalue weighted by atomic mass is 10.2. The van der Waals surface area contributed by atoms with Gasteiger partial charge in [-0.05, 0) is 44.2 Å². The highest BCUT2D eigenvalue weighted by molar-refractivity contribution is 7.09. The topological polar surface area (TPSA) is 87.2 Å². The molecule has 0 bridgehead atoms. The Kier molecular flexibility index (Phi) is 7.97. The zero-order valence-corrected chi connectivity index (χ0v) is 18.9. The van der Waals surface area contributed by atoms with Gasteiger partial charge in [-0.15, -0.1) is 11.3 Å². The highest BCUT2D eigenvalue weighted by Crippen LogP contribution is 2.18. The molecule has 0 saturated heterocycles. The van der Waals surface area contributed by atoms with Crippen molar-refractivity contribution in [2.24, 2.45) is 0 Å². The van der Waals surface area contributed by atoms with Crippen LogP contribution in [-0.2, 0) is 13.0 Å². The summed E-state index contributed by atoms with van der Waals surface area (Å²) < 4.78 is 0. The number of amides is 3. The summed E-state index contributed by atoms with van der Waals surface area (Å²) in [7, 11) is 0. The normalized spacial score (nSPS) is 10.7. The number of rotatable bonds is 8. The Morgan fingerprint density at radius 2 is 2.03 bits per heavy atom. The van der Waals surface area contributed by atoms with Crippen LogP contribution in [0.2, 0.25) is 5.02 Å². The van der Waals surface area contributed by atoms with Crippen molar-refractivity contribution in [1.82, 2.24) is 20.2 Å². The molecule has 2 aromatic heterocycles. The second-order valence-electron chi connectivity index (χ2n) is 7.12. The molecule has 7 nitrogen and oxygen atoms in total. The molecule has 162 valence electrons. The van der Waals surface area contributed by atoms with Crippen molar-refractivity contribution in [3.63, 3.8) is 0 Å². The Balaban J connectivity index is 1.56. The summed E-state index contributed by atoms with van der Waals surface area (Å²) in [6, 6.07) is 12.4. The number of thiazole rings is 1. The van der Waals surface area contributed by atoms with Gasteiger partial charge in [-0.25, -0.2) is 9.78 Å². The molecule has 0 aliphatic rings. The summed E-state index contributed by atoms with van der Waals surface area (Å²) >= 11 is 7.34. The summed E-state index contributed by atoms with van der Waals surface area (Å²) in [6.07, 6.45) is 2.38. The molecular weight excluding hydrogens is 434 g/mol. The average molecular weight is 458 g/mol. The highest BCUT2D eigenvalue weighted by atomic mass is 35.5. The van der Waals surface area contributed by atoms with Crippen LogP contribution < -0.4 is 10.6 Å². The van der Waals surface area contributed by atoms with Crippen LogP contribution in [0, 0.1) is 0 Å². The number of hydrogen-bond donors (Lipinski definition) is 2. The van der Waals surface area contributed by atoms with Gasteiger partial charge in [0.2, 0.25) is 0 Å². The van der Waals surface area contributed by atoms with Crippen molar-refractivity contribution in [3.05, 3.63) is 75.5 Å². The summed E-state index contributed by atoms with van der Waals surface area (Å²) in [5.41, 5.74) is 1.88. The van der Waals surface area contributed by atoms with E-state index in [0.717, 1.165) is 5.69 Å². The van der Waals surface area contributed by atoms with Gasteiger partial charge >= 0.3 is 6.03 Å². The van der Waals surface area contributed by atoms with Gasteiger partial charge in [0, 0.05) is 47.0 Å². The third-order valence-electron chi connectivity index (χ3n) is 4.44. The minimum Gasteiger partial charge on any atom is -0.350 e. The first-order chi connectivity index (χ1) is 14.9. The Morgan fingerprint density at radius 1 is 1.19 bits per heavy atom. The number of aromatic nitrogens is 2. The van der Waals surface area contributed by atoms with Crippen LogP contribution in [0.15, 0.2) is 54.0 Å². The van der Waals surface area contributed by atoms with Crippen molar-refractivity contribution >= 4 is 40.6 Å². The molecule has 0 fully saturated rings. The van der Waals surface area contributed by atoms with Gasteiger partial charge in [0.1, 0.15) is 10.7 Å². The second kappa shape index (κ2) is 10.9. The van der Waals surface area contributed by atoms with E-state index in [-0.39, 0.29) is 18.0 Å². The van der Waals surface area contributed by atoms with Gasteiger partial charge in [0.25, 0.3) is 5.91 Å². The first kappa shape index (κ1) is 22.7. The lowest BCUT2D eigenvalue weighted by Crippen LogP contribution is -2.39. The maximum Gasteiger partial charge on any atom is 0.322 e. The second-order valence-corrected chi connectivity index (χ2v) is 8.49. The fourth-order valence-corrected chi connectivity index (χ4v) is 3.79. The Hall–Kier alpha value is -2.97. The quantitative estimate of drug-likeness (QED) is 0.517. The molecule has 31 heavy (non-hydrogen) atoms. The molecule has 0 aliphatic heterocycles. The van der Waals surface area contributed by atoms with Gasteiger partial charge in [0.05, 0.1) is 6.54 Å². The number of benzene rings is 1. The average Bonchev–Trinajstić information content (AvgIpc) is 3.21. The van der Waals surface area contributed by atoms with E-state index in [1.165, 1.54) is 11.3 Å². The molecule has 2 heterocycles. The molecule has 2 N–H and O–H groups in total. The number of hydrogen-bond acceptors (Lipinski definition) is 5. The van der Waals surface area contributed by atoms with Crippen LogP contribution in [0.4, 0.5) is 10.5 Å². The molecular formula is C22H24ClN5O2S. The van der Waals surface area contributed by atoms with E-state index in [2.05, 4.69) is 20.6 Å². The van der Waals surface area contributed by atoms with Crippen molar-refractivity contribution in [2.45, 2.75) is 32.9 Å². The van der Waals surface area contributed by atoms with Crippen LogP contribution in [-0.4, -0.2) is 39.4 Å². The first-order valence-electron chi connectivity index (χ1n) is 9.88. The molecule has 0 unspecified atom stereocenters. The third-order valence-corrected chi connectivity index (χ3v) is 5.51. The highest BCUT2D eigenvalue weighted by Gasteiger charge is 2.20. The number of carbonyl (C=O) groups is 2. The number of nitrogens with zero attached hydrogens (tertiary/aromatic N) is 3. The lowest BCUT2D eigenvalue weighted by molar-refractivity contribution is 0.0949. The molecule has 0 spiro atoms. The van der Waals surface area contributed by atoms with E-state index in [9.17, 15) is 9.59 Å². The molecule has 0 saturated carbocycles. The van der Waals surface area contributed by atoms with E-state index >= 15 is 0 Å². The minimum atomic E-state index is -0.256. The monoisotopic (exact) mass is 457 g/mol. The summed E-state index contributed by atoms with van der Waals surface area (Å²) in [5, 5.41) is 8.65. The standard InChI is InChI=1S/C22H24ClN5O2S/c1-15(2)28(22(30)26-18-8-5-6-16(23)12-18)13-20-27-19(14-31-20)21(29)25-11-9-17-7-3-4-10-24-17/h3-8,10,12,14-15H,9,11,13H2,1-2H3,(H,25,29)(H,26,30). The maximum atomic E-state index is 12.7. The molecule has 0 atom stereocenters. The van der Waals surface area contributed by atoms with E-state index in [4.69, 9.17) is 11.6 Å². The number of nitrogens with one attached hydrogen (secondary N) is 2. The Labute approximate surface area is 190 Å². The van der Waals surface area contributed by atoms with E-state index < -0.39 is 0 Å². The molecule has 0 radical (unpaired) electrons. The predicted octanol–water partition coefficient (Wildman–Crippen LogP) is 4.61. The lowest BCUT2D eigenvalue weighted by Gasteiger charge is -2.26. The number of halogens is 1. The van der Waals surface area contributed by atoms with Gasteiger partial charge < -0.3 is 15.5 Å². The summed E-state index contributed by atoms with van der Waals surface area (Å²) in [5.74, 6) is -0.238. The predicted molar refractivity (Wildman–Crippen MR) is 124 cm³/mol. The van der Waals surface area contributed by atoms with Crippen LogP contribution in [0.3, 0.4) is 0 Å². The molecule has 3 rings (SSSR count). The van der Waals surface area contributed by atoms with Crippen molar-refractivity contribution in [3.8, 4) is 0 Å². The molecule has 3 aromatic rings. The number of anilines is 1. The zero-order chi connectivity index (χ0) is 22.2. The van der Waals surface area contributed by atoms with E-state index in [1.54, 1.807) is 40.7 Å². The van der Waals surface area contributed by atoms with Crippen molar-refractivity contribution in [1.29, 1.82) is 0 Å². The van der Waals surface area contributed by atoms with Gasteiger partial charge in [0.15, 0.2) is 0 Å². The Bertz CT molecular complexity index is 1030. The maximum absolute atomic E-state index is 12.7. The summed E-state index contributed by atoms with van der Waals surface area (Å²) in [6.45, 7) is 4.63. The Morgan fingerprint density at radius 3 is 2.74 bits per heavy atom. The first-order valence-corrected chi connectivity index (χ1v) is 11.1.